The van der Waals surface area contributed by atoms with Crippen molar-refractivity contribution in [3.05, 3.63) is 52.8 Å². The van der Waals surface area contributed by atoms with Crippen molar-refractivity contribution in [3.63, 3.8) is 0 Å². The molecule has 1 amide bonds. The smallest absolute Gasteiger partial charge is 0.251 e. The van der Waals surface area contributed by atoms with Gasteiger partial charge in [0.15, 0.2) is 0 Å². The Morgan fingerprint density at radius 2 is 1.95 bits per heavy atom. The van der Waals surface area contributed by atoms with Crippen LogP contribution < -0.4 is 5.32 Å². The number of carbonyl (C=O) groups is 1. The normalized spacial score (nSPS) is 10.6. The molecule has 0 fully saturated rings. The van der Waals surface area contributed by atoms with Gasteiger partial charge in [0.25, 0.3) is 5.91 Å². The fourth-order valence-corrected chi connectivity index (χ4v) is 2.25. The van der Waals surface area contributed by atoms with Gasteiger partial charge in [-0.05, 0) is 44.0 Å². The molecular weight excluding hydrogens is 262 g/mol. The summed E-state index contributed by atoms with van der Waals surface area (Å²) in [5.74, 6) is 0.00103. The number of nitrogens with one attached hydrogen (secondary N) is 1. The van der Waals surface area contributed by atoms with Gasteiger partial charge in [0.2, 0.25) is 0 Å². The van der Waals surface area contributed by atoms with Crippen LogP contribution >= 0.6 is 0 Å². The molecule has 0 atom stereocenters. The van der Waals surface area contributed by atoms with Gasteiger partial charge in [0, 0.05) is 17.8 Å². The molecule has 2 aromatic rings. The van der Waals surface area contributed by atoms with Gasteiger partial charge in [0.1, 0.15) is 0 Å². The summed E-state index contributed by atoms with van der Waals surface area (Å²) in [5, 5.41) is 7.38. The van der Waals surface area contributed by atoms with Crippen molar-refractivity contribution in [2.24, 2.45) is 0 Å². The van der Waals surface area contributed by atoms with Crippen LogP contribution in [-0.4, -0.2) is 22.2 Å². The Kier molecular flexibility index (Phi) is 5.14. The second-order valence-electron chi connectivity index (χ2n) is 5.39. The molecule has 1 aromatic heterocycles. The van der Waals surface area contributed by atoms with Gasteiger partial charge in [-0.3, -0.25) is 9.48 Å². The summed E-state index contributed by atoms with van der Waals surface area (Å²) >= 11 is 0. The van der Waals surface area contributed by atoms with Crippen LogP contribution in [-0.2, 0) is 6.54 Å². The van der Waals surface area contributed by atoms with Crippen molar-refractivity contribution in [1.29, 1.82) is 0 Å². The van der Waals surface area contributed by atoms with E-state index in [0.29, 0.717) is 5.56 Å². The van der Waals surface area contributed by atoms with Crippen LogP contribution in [0.1, 0.15) is 47.1 Å². The molecule has 0 saturated heterocycles. The molecule has 4 heteroatoms. The zero-order chi connectivity index (χ0) is 15.2. The Balaban J connectivity index is 1.98. The number of amides is 1. The lowest BCUT2D eigenvalue weighted by Crippen LogP contribution is -2.24. The largest absolute Gasteiger partial charge is 0.352 e. The fourth-order valence-electron chi connectivity index (χ4n) is 2.25. The number of rotatable bonds is 6. The number of carbonyl (C=O) groups excluding carboxylic acids is 1. The van der Waals surface area contributed by atoms with Crippen molar-refractivity contribution < 1.29 is 4.79 Å². The molecule has 0 radical (unpaired) electrons. The second kappa shape index (κ2) is 7.07. The fraction of sp³-hybridized carbons (Fsp3) is 0.412. The minimum absolute atomic E-state index is 0.00103. The average molecular weight is 285 g/mol. The summed E-state index contributed by atoms with van der Waals surface area (Å²) in [5.41, 5.74) is 4.03. The first-order valence-corrected chi connectivity index (χ1v) is 7.48. The Morgan fingerprint density at radius 3 is 2.52 bits per heavy atom. The number of aryl methyl sites for hydroxylation is 2. The molecular formula is C17H23N3O. The number of hydrogen-bond donors (Lipinski definition) is 1. The van der Waals surface area contributed by atoms with Gasteiger partial charge in [-0.1, -0.05) is 25.5 Å². The van der Waals surface area contributed by atoms with E-state index < -0.39 is 0 Å². The monoisotopic (exact) mass is 285 g/mol. The molecule has 0 aliphatic carbocycles. The van der Waals surface area contributed by atoms with Crippen LogP contribution in [0.25, 0.3) is 0 Å². The number of unbranched alkanes of at least 4 members (excludes halogenated alkanes) is 1. The molecule has 0 unspecified atom stereocenters. The van der Waals surface area contributed by atoms with Crippen LogP contribution in [0.15, 0.2) is 30.3 Å². The highest BCUT2D eigenvalue weighted by Gasteiger charge is 2.06. The summed E-state index contributed by atoms with van der Waals surface area (Å²) in [4.78, 5) is 11.9. The Bertz CT molecular complexity index is 599. The second-order valence-corrected chi connectivity index (χ2v) is 5.39. The van der Waals surface area contributed by atoms with Crippen molar-refractivity contribution in [2.75, 3.05) is 6.54 Å². The van der Waals surface area contributed by atoms with E-state index in [1.807, 2.05) is 35.9 Å². The average Bonchev–Trinajstić information content (AvgIpc) is 2.78. The molecule has 2 rings (SSSR count). The summed E-state index contributed by atoms with van der Waals surface area (Å²) < 4.78 is 1.98. The molecule has 21 heavy (non-hydrogen) atoms. The van der Waals surface area contributed by atoms with Crippen molar-refractivity contribution in [2.45, 2.75) is 40.2 Å². The molecule has 4 nitrogen and oxygen atoms in total. The third-order valence-electron chi connectivity index (χ3n) is 3.47. The first-order valence-electron chi connectivity index (χ1n) is 7.48. The van der Waals surface area contributed by atoms with E-state index in [0.717, 1.165) is 42.9 Å². The van der Waals surface area contributed by atoms with Gasteiger partial charge in [-0.2, -0.15) is 5.10 Å². The van der Waals surface area contributed by atoms with Crippen LogP contribution in [0.3, 0.4) is 0 Å². The number of hydrogen-bond acceptors (Lipinski definition) is 2. The number of benzene rings is 1. The summed E-state index contributed by atoms with van der Waals surface area (Å²) in [6.45, 7) is 7.63. The van der Waals surface area contributed by atoms with Crippen LogP contribution in [0.4, 0.5) is 0 Å². The third kappa shape index (κ3) is 4.18. The SMILES string of the molecule is CCCCNC(=O)c1ccc(Cn2nc(C)cc2C)cc1. The van der Waals surface area contributed by atoms with E-state index >= 15 is 0 Å². The molecule has 0 aliphatic heterocycles. The zero-order valence-electron chi connectivity index (χ0n) is 13.0. The highest BCUT2D eigenvalue weighted by Crippen LogP contribution is 2.09. The van der Waals surface area contributed by atoms with Crippen LogP contribution in [0.5, 0.6) is 0 Å². The Morgan fingerprint density at radius 1 is 1.24 bits per heavy atom. The molecule has 0 aliphatic rings. The Labute approximate surface area is 126 Å². The molecule has 1 N–H and O–H groups in total. The molecule has 1 heterocycles. The molecule has 0 bridgehead atoms. The lowest BCUT2D eigenvalue weighted by Gasteiger charge is -2.07. The maximum atomic E-state index is 11.9. The molecule has 1 aromatic carbocycles. The van der Waals surface area contributed by atoms with E-state index in [1.165, 1.54) is 0 Å². The standard InChI is InChI=1S/C17H23N3O/c1-4-5-10-18-17(21)16-8-6-15(7-9-16)12-20-14(3)11-13(2)19-20/h6-9,11H,4-5,10,12H2,1-3H3,(H,18,21). The summed E-state index contributed by atoms with van der Waals surface area (Å²) in [6.07, 6.45) is 2.10. The minimum atomic E-state index is 0.00103. The van der Waals surface area contributed by atoms with E-state index in [1.54, 1.807) is 0 Å². The van der Waals surface area contributed by atoms with Crippen molar-refractivity contribution in [3.8, 4) is 0 Å². The maximum Gasteiger partial charge on any atom is 0.251 e. The van der Waals surface area contributed by atoms with E-state index in [-0.39, 0.29) is 5.91 Å². The van der Waals surface area contributed by atoms with E-state index in [2.05, 4.69) is 30.3 Å². The van der Waals surface area contributed by atoms with E-state index in [4.69, 9.17) is 0 Å². The zero-order valence-corrected chi connectivity index (χ0v) is 13.0. The summed E-state index contributed by atoms with van der Waals surface area (Å²) in [6, 6.07) is 9.80. The third-order valence-corrected chi connectivity index (χ3v) is 3.47. The molecule has 0 spiro atoms. The first-order chi connectivity index (χ1) is 10.1. The van der Waals surface area contributed by atoms with Gasteiger partial charge in [-0.25, -0.2) is 0 Å². The predicted octanol–water partition coefficient (Wildman–Crippen LogP) is 3.08. The lowest BCUT2D eigenvalue weighted by molar-refractivity contribution is 0.0953. The topological polar surface area (TPSA) is 46.9 Å². The maximum absolute atomic E-state index is 11.9. The molecule has 112 valence electrons. The van der Waals surface area contributed by atoms with Gasteiger partial charge < -0.3 is 5.32 Å². The minimum Gasteiger partial charge on any atom is -0.352 e. The summed E-state index contributed by atoms with van der Waals surface area (Å²) in [7, 11) is 0. The van der Waals surface area contributed by atoms with E-state index in [9.17, 15) is 4.79 Å². The van der Waals surface area contributed by atoms with Gasteiger partial charge >= 0.3 is 0 Å². The van der Waals surface area contributed by atoms with Crippen molar-refractivity contribution in [1.82, 2.24) is 15.1 Å². The lowest BCUT2D eigenvalue weighted by atomic mass is 10.1. The number of aromatic nitrogens is 2. The van der Waals surface area contributed by atoms with Gasteiger partial charge in [0.05, 0.1) is 12.2 Å². The highest BCUT2D eigenvalue weighted by molar-refractivity contribution is 5.94. The highest BCUT2D eigenvalue weighted by atomic mass is 16.1. The van der Waals surface area contributed by atoms with Crippen LogP contribution in [0.2, 0.25) is 0 Å². The first kappa shape index (κ1) is 15.3. The van der Waals surface area contributed by atoms with Gasteiger partial charge in [-0.15, -0.1) is 0 Å². The van der Waals surface area contributed by atoms with Crippen molar-refractivity contribution >= 4 is 5.91 Å². The van der Waals surface area contributed by atoms with Crippen LogP contribution in [0, 0.1) is 13.8 Å². The number of nitrogens with zero attached hydrogens (tertiary/aromatic N) is 2. The molecule has 0 saturated carbocycles. The Hall–Kier alpha value is -2.10. The predicted molar refractivity (Wildman–Crippen MR) is 84.5 cm³/mol. The quantitative estimate of drug-likeness (QED) is 0.829.